The molecule has 4 aliphatic carbocycles. The zero-order valence-electron chi connectivity index (χ0n) is 12.3. The van der Waals surface area contributed by atoms with Crippen LogP contribution in [0.3, 0.4) is 0 Å². The Labute approximate surface area is 138 Å². The van der Waals surface area contributed by atoms with Gasteiger partial charge in [-0.15, -0.1) is 0 Å². The lowest BCUT2D eigenvalue weighted by Gasteiger charge is -2.37. The van der Waals surface area contributed by atoms with E-state index in [1.54, 1.807) is 6.07 Å². The van der Waals surface area contributed by atoms with Crippen molar-refractivity contribution < 1.29 is 9.59 Å². The Morgan fingerprint density at radius 1 is 1.04 bits per heavy atom. The van der Waals surface area contributed by atoms with E-state index in [1.807, 2.05) is 18.2 Å². The third-order valence-electron chi connectivity index (χ3n) is 5.86. The Kier molecular flexibility index (Phi) is 2.66. The predicted octanol–water partition coefficient (Wildman–Crippen LogP) is 2.73. The minimum atomic E-state index is -0.204. The number of hydrogen-bond donors (Lipinski definition) is 0. The number of allylic oxidation sites excluding steroid dienone is 2. The summed E-state index contributed by atoms with van der Waals surface area (Å²) in [5.41, 5.74) is 0.702. The van der Waals surface area contributed by atoms with E-state index in [-0.39, 0.29) is 35.5 Å². The van der Waals surface area contributed by atoms with Gasteiger partial charge in [-0.3, -0.25) is 9.59 Å². The summed E-state index contributed by atoms with van der Waals surface area (Å²) >= 11 is 6.10. The smallest absolute Gasteiger partial charge is 0.254 e. The Morgan fingerprint density at radius 3 is 2.26 bits per heavy atom. The van der Waals surface area contributed by atoms with E-state index in [4.69, 9.17) is 11.6 Å². The van der Waals surface area contributed by atoms with Crippen LogP contribution in [-0.2, 0) is 9.59 Å². The number of hydrazone groups is 1. The molecule has 5 heteroatoms. The van der Waals surface area contributed by atoms with Gasteiger partial charge in [0, 0.05) is 10.6 Å². The van der Waals surface area contributed by atoms with Crippen molar-refractivity contribution in [2.75, 3.05) is 0 Å². The SMILES string of the molecule is O=C1[C@@H]2[C@@H]3C=C[C@H]([C@@H]4C[C@H]34)[C@H]2C(=O)N1/N=C\c1ccccc1Cl. The highest BCUT2D eigenvalue weighted by molar-refractivity contribution is 6.33. The van der Waals surface area contributed by atoms with E-state index < -0.39 is 0 Å². The Bertz CT molecular complexity index is 751. The molecule has 4 nitrogen and oxygen atoms in total. The lowest BCUT2D eigenvalue weighted by Crippen LogP contribution is -2.40. The molecule has 6 rings (SSSR count). The van der Waals surface area contributed by atoms with Crippen LogP contribution in [0.5, 0.6) is 0 Å². The first kappa shape index (κ1) is 13.5. The molecule has 0 aromatic heterocycles. The summed E-state index contributed by atoms with van der Waals surface area (Å²) in [7, 11) is 0. The fraction of sp³-hybridized carbons (Fsp3) is 0.389. The number of rotatable bonds is 2. The molecule has 1 heterocycles. The second-order valence-electron chi connectivity index (χ2n) is 6.91. The van der Waals surface area contributed by atoms with Crippen LogP contribution in [-0.4, -0.2) is 23.0 Å². The number of hydrogen-bond acceptors (Lipinski definition) is 3. The fourth-order valence-corrected chi connectivity index (χ4v) is 4.94. The molecular formula is C18H15ClN2O2. The zero-order chi connectivity index (χ0) is 15.7. The van der Waals surface area contributed by atoms with Gasteiger partial charge in [0.15, 0.2) is 0 Å². The largest absolute Gasteiger partial charge is 0.272 e. The number of benzene rings is 1. The lowest BCUT2D eigenvalue weighted by molar-refractivity contribution is -0.140. The molecule has 0 N–H and O–H groups in total. The number of nitrogens with zero attached hydrogens (tertiary/aromatic N) is 2. The van der Waals surface area contributed by atoms with E-state index in [0.29, 0.717) is 22.4 Å². The molecule has 1 saturated heterocycles. The molecule has 23 heavy (non-hydrogen) atoms. The lowest BCUT2D eigenvalue weighted by atomic mass is 9.63. The average molecular weight is 327 g/mol. The predicted molar refractivity (Wildman–Crippen MR) is 85.6 cm³/mol. The average Bonchev–Trinajstić information content (AvgIpc) is 3.33. The number of halogens is 1. The molecule has 1 aromatic rings. The molecule has 1 aromatic carbocycles. The first-order valence-electron chi connectivity index (χ1n) is 8.01. The standard InChI is InChI=1S/C18H15ClN2O2/c19-14-4-2-1-3-9(14)8-20-21-17(22)15-10-5-6-11(13-7-12(10)13)16(15)18(21)23/h1-6,8,10-13,15-16H,7H2/b20-8-/t10-,11-,12-,13+,15-,16-/m1/s1. The first-order chi connectivity index (χ1) is 11.2. The van der Waals surface area contributed by atoms with Gasteiger partial charge in [0.1, 0.15) is 0 Å². The molecule has 2 amide bonds. The maximum absolute atomic E-state index is 12.7. The third kappa shape index (κ3) is 1.75. The van der Waals surface area contributed by atoms with Crippen molar-refractivity contribution in [3.05, 3.63) is 47.0 Å². The summed E-state index contributed by atoms with van der Waals surface area (Å²) in [5.74, 6) is 0.972. The second-order valence-corrected chi connectivity index (χ2v) is 7.32. The van der Waals surface area contributed by atoms with Gasteiger partial charge < -0.3 is 0 Å². The van der Waals surface area contributed by atoms with Crippen LogP contribution < -0.4 is 0 Å². The van der Waals surface area contributed by atoms with Crippen molar-refractivity contribution in [3.8, 4) is 0 Å². The van der Waals surface area contributed by atoms with Crippen LogP contribution in [0.1, 0.15) is 12.0 Å². The first-order valence-corrected chi connectivity index (χ1v) is 8.39. The fourth-order valence-electron chi connectivity index (χ4n) is 4.75. The molecule has 116 valence electrons. The quantitative estimate of drug-likeness (QED) is 0.476. The second kappa shape index (κ2) is 4.54. The molecule has 0 radical (unpaired) electrons. The highest BCUT2D eigenvalue weighted by Crippen LogP contribution is 2.65. The van der Waals surface area contributed by atoms with Crippen LogP contribution in [0, 0.1) is 35.5 Å². The van der Waals surface area contributed by atoms with Crippen LogP contribution in [0.4, 0.5) is 0 Å². The number of carbonyl (C=O) groups excluding carboxylic acids is 2. The van der Waals surface area contributed by atoms with Gasteiger partial charge in [0.05, 0.1) is 18.1 Å². The zero-order valence-corrected chi connectivity index (χ0v) is 13.1. The van der Waals surface area contributed by atoms with Crippen molar-refractivity contribution >= 4 is 29.6 Å². The topological polar surface area (TPSA) is 49.7 Å². The molecular weight excluding hydrogens is 312 g/mol. The summed E-state index contributed by atoms with van der Waals surface area (Å²) in [5, 5.41) is 5.81. The van der Waals surface area contributed by atoms with Gasteiger partial charge in [0.25, 0.3) is 11.8 Å². The van der Waals surface area contributed by atoms with Gasteiger partial charge >= 0.3 is 0 Å². The van der Waals surface area contributed by atoms with Gasteiger partial charge in [-0.05, 0) is 36.2 Å². The Morgan fingerprint density at radius 2 is 1.65 bits per heavy atom. The Balaban J connectivity index is 1.47. The van der Waals surface area contributed by atoms with Crippen molar-refractivity contribution in [1.82, 2.24) is 5.01 Å². The van der Waals surface area contributed by atoms with Gasteiger partial charge in [-0.1, -0.05) is 42.0 Å². The van der Waals surface area contributed by atoms with E-state index in [1.165, 1.54) is 12.6 Å². The molecule has 5 aliphatic rings. The molecule has 2 bridgehead atoms. The van der Waals surface area contributed by atoms with Crippen molar-refractivity contribution in [3.63, 3.8) is 0 Å². The van der Waals surface area contributed by atoms with Crippen molar-refractivity contribution in [2.24, 2.45) is 40.6 Å². The molecule has 2 saturated carbocycles. The minimum absolute atomic E-state index is 0.145. The molecule has 0 unspecified atom stereocenters. The number of amides is 2. The monoisotopic (exact) mass is 326 g/mol. The van der Waals surface area contributed by atoms with Gasteiger partial charge in [-0.25, -0.2) is 0 Å². The third-order valence-corrected chi connectivity index (χ3v) is 6.20. The van der Waals surface area contributed by atoms with Crippen LogP contribution >= 0.6 is 11.6 Å². The van der Waals surface area contributed by atoms with Gasteiger partial charge in [-0.2, -0.15) is 10.1 Å². The van der Waals surface area contributed by atoms with Crippen LogP contribution in [0.2, 0.25) is 5.02 Å². The van der Waals surface area contributed by atoms with Crippen molar-refractivity contribution in [1.29, 1.82) is 0 Å². The van der Waals surface area contributed by atoms with E-state index >= 15 is 0 Å². The minimum Gasteiger partial charge on any atom is -0.272 e. The van der Waals surface area contributed by atoms with E-state index in [9.17, 15) is 9.59 Å². The van der Waals surface area contributed by atoms with E-state index in [0.717, 1.165) is 5.01 Å². The van der Waals surface area contributed by atoms with Crippen LogP contribution in [0.15, 0.2) is 41.5 Å². The van der Waals surface area contributed by atoms with Crippen molar-refractivity contribution in [2.45, 2.75) is 6.42 Å². The van der Waals surface area contributed by atoms with E-state index in [2.05, 4.69) is 17.3 Å². The maximum Gasteiger partial charge on any atom is 0.254 e. The highest BCUT2D eigenvalue weighted by Gasteiger charge is 2.67. The summed E-state index contributed by atoms with van der Waals surface area (Å²) in [6.07, 6.45) is 6.99. The molecule has 1 aliphatic heterocycles. The summed E-state index contributed by atoms with van der Waals surface area (Å²) in [6.45, 7) is 0. The number of imide groups is 1. The van der Waals surface area contributed by atoms with Crippen LogP contribution in [0.25, 0.3) is 0 Å². The molecule has 0 spiro atoms. The molecule has 6 atom stereocenters. The maximum atomic E-state index is 12.7. The highest BCUT2D eigenvalue weighted by atomic mass is 35.5. The summed E-state index contributed by atoms with van der Waals surface area (Å²) < 4.78 is 0. The molecule has 3 fully saturated rings. The summed E-state index contributed by atoms with van der Waals surface area (Å²) in [6, 6.07) is 7.24. The normalized spacial score (nSPS) is 40.0. The number of carbonyl (C=O) groups is 2. The summed E-state index contributed by atoms with van der Waals surface area (Å²) in [4.78, 5) is 25.5. The van der Waals surface area contributed by atoms with Gasteiger partial charge in [0.2, 0.25) is 0 Å². The Hall–Kier alpha value is -1.94.